The minimum Gasteiger partial charge on any atom is -0.462 e. The van der Waals surface area contributed by atoms with E-state index in [-0.39, 0.29) is 38.6 Å². The number of unbranched alkanes of at least 4 members (excludes halogenated alkanes) is 43. The van der Waals surface area contributed by atoms with Gasteiger partial charge in [-0.25, -0.2) is 4.57 Å². The molecule has 10 heteroatoms. The van der Waals surface area contributed by atoms with E-state index < -0.39 is 26.5 Å². The highest BCUT2D eigenvalue weighted by molar-refractivity contribution is 7.47. The van der Waals surface area contributed by atoms with Gasteiger partial charge in [0.25, 0.3) is 0 Å². The molecule has 0 saturated carbocycles. The molecule has 0 fully saturated rings. The Morgan fingerprint density at radius 2 is 0.705 bits per heavy atom. The highest BCUT2D eigenvalue weighted by Gasteiger charge is 2.26. The van der Waals surface area contributed by atoms with Gasteiger partial charge in [0.1, 0.15) is 6.61 Å². The van der Waals surface area contributed by atoms with Gasteiger partial charge < -0.3 is 20.1 Å². The molecule has 0 spiro atoms. The normalized spacial score (nSPS) is 13.2. The first kappa shape index (κ1) is 76.0. The molecule has 3 N–H and O–H groups in total. The van der Waals surface area contributed by atoms with E-state index in [1.54, 1.807) is 0 Å². The Kier molecular flexibility index (Phi) is 62.5. The largest absolute Gasteiger partial charge is 0.472 e. The monoisotopic (exact) mass is 1120 g/mol. The van der Waals surface area contributed by atoms with Crippen molar-refractivity contribution in [3.63, 3.8) is 0 Å². The molecule has 0 aliphatic heterocycles. The lowest BCUT2D eigenvalue weighted by Gasteiger charge is -2.19. The number of ether oxygens (including phenoxy) is 2. The van der Waals surface area contributed by atoms with Crippen molar-refractivity contribution in [1.82, 2.24) is 0 Å². The smallest absolute Gasteiger partial charge is 0.462 e. The maximum Gasteiger partial charge on any atom is 0.472 e. The van der Waals surface area contributed by atoms with Crippen LogP contribution in [0.3, 0.4) is 0 Å². The van der Waals surface area contributed by atoms with Gasteiger partial charge in [0.05, 0.1) is 13.2 Å². The van der Waals surface area contributed by atoms with Crippen molar-refractivity contribution in [1.29, 1.82) is 0 Å². The zero-order chi connectivity index (χ0) is 56.6. The number of rotatable bonds is 64. The molecule has 9 nitrogen and oxygen atoms in total. The van der Waals surface area contributed by atoms with E-state index in [2.05, 4.69) is 62.5 Å². The molecule has 0 aromatic heterocycles. The third-order valence-corrected chi connectivity index (χ3v) is 16.0. The number of phosphoric ester groups is 1. The van der Waals surface area contributed by atoms with E-state index in [0.717, 1.165) is 57.8 Å². The Hall–Kier alpha value is -2.03. The highest BCUT2D eigenvalue weighted by atomic mass is 31.2. The van der Waals surface area contributed by atoms with Crippen molar-refractivity contribution < 1.29 is 37.6 Å². The van der Waals surface area contributed by atoms with Gasteiger partial charge >= 0.3 is 19.8 Å². The predicted octanol–water partition coefficient (Wildman–Crippen LogP) is 21.7. The van der Waals surface area contributed by atoms with Gasteiger partial charge in [-0.15, -0.1) is 0 Å². The molecule has 458 valence electrons. The fourth-order valence-electron chi connectivity index (χ4n) is 10.0. The number of carbonyl (C=O) groups excluding carboxylic acids is 2. The van der Waals surface area contributed by atoms with Crippen molar-refractivity contribution in [3.8, 4) is 0 Å². The summed E-state index contributed by atoms with van der Waals surface area (Å²) in [6.45, 7) is 3.70. The van der Waals surface area contributed by atoms with Crippen LogP contribution in [0.1, 0.15) is 341 Å². The minimum absolute atomic E-state index is 0.0555. The predicted molar refractivity (Wildman–Crippen MR) is 335 cm³/mol. The Balaban J connectivity index is 3.85. The lowest BCUT2D eigenvalue weighted by atomic mass is 10.0. The van der Waals surface area contributed by atoms with Crippen molar-refractivity contribution in [2.45, 2.75) is 347 Å². The molecule has 78 heavy (non-hydrogen) atoms. The van der Waals surface area contributed by atoms with Crippen LogP contribution in [0.4, 0.5) is 0 Å². The number of hydrogen-bond acceptors (Lipinski definition) is 8. The molecule has 0 aliphatic carbocycles. The number of nitrogens with two attached hydrogens (primary N) is 1. The number of phosphoric acid groups is 1. The number of esters is 2. The zero-order valence-corrected chi connectivity index (χ0v) is 52.3. The van der Waals surface area contributed by atoms with Crippen LogP contribution in [0.25, 0.3) is 0 Å². The Labute approximate surface area is 483 Å². The van der Waals surface area contributed by atoms with E-state index in [4.69, 9.17) is 24.3 Å². The number of allylic oxidation sites excluding steroid dienone is 8. The third kappa shape index (κ3) is 63.2. The molecule has 0 heterocycles. The van der Waals surface area contributed by atoms with Crippen LogP contribution in [0, 0.1) is 0 Å². The molecule has 0 amide bonds. The maximum absolute atomic E-state index is 12.8. The summed E-state index contributed by atoms with van der Waals surface area (Å²) in [5, 5.41) is 0. The van der Waals surface area contributed by atoms with Crippen LogP contribution < -0.4 is 5.73 Å². The third-order valence-electron chi connectivity index (χ3n) is 15.0. The first-order chi connectivity index (χ1) is 38.3. The minimum atomic E-state index is -4.39. The van der Waals surface area contributed by atoms with Gasteiger partial charge in [-0.1, -0.05) is 326 Å². The number of carbonyl (C=O) groups is 2. The van der Waals surface area contributed by atoms with Crippen LogP contribution >= 0.6 is 7.82 Å². The van der Waals surface area contributed by atoms with Crippen molar-refractivity contribution in [2.24, 2.45) is 5.73 Å². The molecule has 0 radical (unpaired) electrons. The van der Waals surface area contributed by atoms with Crippen LogP contribution in [0.15, 0.2) is 48.6 Å². The molecule has 2 atom stereocenters. The Morgan fingerprint density at radius 3 is 1.05 bits per heavy atom. The van der Waals surface area contributed by atoms with Gasteiger partial charge in [-0.3, -0.25) is 18.6 Å². The van der Waals surface area contributed by atoms with Gasteiger partial charge in [-0.2, -0.15) is 0 Å². The van der Waals surface area contributed by atoms with Crippen molar-refractivity contribution >= 4 is 19.8 Å². The average molecular weight is 1120 g/mol. The summed E-state index contributed by atoms with van der Waals surface area (Å²) in [5.41, 5.74) is 5.40. The summed E-state index contributed by atoms with van der Waals surface area (Å²) in [4.78, 5) is 35.3. The summed E-state index contributed by atoms with van der Waals surface area (Å²) in [5.74, 6) is -0.807. The molecule has 0 aromatic carbocycles. The highest BCUT2D eigenvalue weighted by Crippen LogP contribution is 2.43. The molecule has 0 rings (SSSR count). The molecule has 2 unspecified atom stereocenters. The second-order valence-electron chi connectivity index (χ2n) is 22.7. The van der Waals surface area contributed by atoms with Gasteiger partial charge in [0.15, 0.2) is 6.10 Å². The first-order valence-electron chi connectivity index (χ1n) is 33.6. The average Bonchev–Trinajstić information content (AvgIpc) is 3.43. The Bertz CT molecular complexity index is 1420. The first-order valence-corrected chi connectivity index (χ1v) is 35.1. The molecule has 0 aromatic rings. The SMILES string of the molecule is CC/C=C\C/C=C\C/C=C\C/C=C\CCCCCCCCCCCCCCCCCCCCC(=O)OC(COC(=O)CCCCCCCCCCCCCCCCCCCCCCCCCCCC)COP(=O)(O)OCCN. The standard InChI is InChI=1S/C68H128NO8P/c1-3-5-7-9-11-13-15-17-19-21-23-25-27-29-31-32-33-34-35-37-39-41-43-45-47-49-51-53-55-57-59-61-68(71)77-66(65-76-78(72,73)75-63-62-69)64-74-67(70)60-58-56-54-52-50-48-46-44-42-40-38-36-30-28-26-24-22-20-18-16-14-12-10-8-6-4-2/h5,7,11,13,17,19,23,25,66H,3-4,6,8-10,12,14-16,18,20-22,24,26-65,69H2,1-2H3,(H,72,73)/b7-5-,13-11-,19-17-,25-23-. The van der Waals surface area contributed by atoms with Crippen molar-refractivity contribution in [2.75, 3.05) is 26.4 Å². The summed E-state index contributed by atoms with van der Waals surface area (Å²) < 4.78 is 33.2. The Morgan fingerprint density at radius 1 is 0.397 bits per heavy atom. The lowest BCUT2D eigenvalue weighted by Crippen LogP contribution is -2.29. The van der Waals surface area contributed by atoms with E-state index >= 15 is 0 Å². The summed E-state index contributed by atoms with van der Waals surface area (Å²) in [6, 6.07) is 0. The quantitative estimate of drug-likeness (QED) is 0.0264. The summed E-state index contributed by atoms with van der Waals surface area (Å²) >= 11 is 0. The van der Waals surface area contributed by atoms with E-state index in [1.807, 2.05) is 0 Å². The maximum atomic E-state index is 12.8. The van der Waals surface area contributed by atoms with E-state index in [1.165, 1.54) is 250 Å². The van der Waals surface area contributed by atoms with Gasteiger partial charge in [0.2, 0.25) is 0 Å². The van der Waals surface area contributed by atoms with Crippen LogP contribution in [0.5, 0.6) is 0 Å². The topological polar surface area (TPSA) is 134 Å². The fraction of sp³-hybridized carbons (Fsp3) is 0.853. The molecular weight excluding hydrogens is 990 g/mol. The van der Waals surface area contributed by atoms with E-state index in [0.29, 0.717) is 6.42 Å². The fourth-order valence-corrected chi connectivity index (χ4v) is 10.8. The van der Waals surface area contributed by atoms with E-state index in [9.17, 15) is 19.0 Å². The lowest BCUT2D eigenvalue weighted by molar-refractivity contribution is -0.161. The van der Waals surface area contributed by atoms with Gasteiger partial charge in [-0.05, 0) is 51.4 Å². The second kappa shape index (κ2) is 64.1. The van der Waals surface area contributed by atoms with Gasteiger partial charge in [0, 0.05) is 19.4 Å². The van der Waals surface area contributed by atoms with Crippen LogP contribution in [0.2, 0.25) is 0 Å². The summed E-state index contributed by atoms with van der Waals surface area (Å²) in [7, 11) is -4.39. The molecule has 0 saturated heterocycles. The zero-order valence-electron chi connectivity index (χ0n) is 51.4. The molecular formula is C68H128NO8P. The van der Waals surface area contributed by atoms with Crippen LogP contribution in [-0.4, -0.2) is 49.3 Å². The molecule has 0 aliphatic rings. The van der Waals surface area contributed by atoms with Crippen LogP contribution in [-0.2, 0) is 32.7 Å². The van der Waals surface area contributed by atoms with Crippen molar-refractivity contribution in [3.05, 3.63) is 48.6 Å². The summed E-state index contributed by atoms with van der Waals surface area (Å²) in [6.07, 6.45) is 80.6. The number of hydrogen-bond donors (Lipinski definition) is 2. The molecule has 0 bridgehead atoms. The second-order valence-corrected chi connectivity index (χ2v) is 24.1.